The van der Waals surface area contributed by atoms with Gasteiger partial charge in [-0.3, -0.25) is 10.1 Å². The maximum atomic E-state index is 12.0. The molecule has 2 atom stereocenters. The zero-order valence-corrected chi connectivity index (χ0v) is 14.3. The van der Waals surface area contributed by atoms with Crippen LogP contribution in [0.25, 0.3) is 0 Å². The number of benzene rings is 1. The Labute approximate surface area is 134 Å². The van der Waals surface area contributed by atoms with Gasteiger partial charge in [0.15, 0.2) is 0 Å². The summed E-state index contributed by atoms with van der Waals surface area (Å²) in [6, 6.07) is 5.80. The Kier molecular flexibility index (Phi) is 5.65. The van der Waals surface area contributed by atoms with E-state index < -0.39 is 0 Å². The molecule has 0 radical (unpaired) electrons. The lowest BCUT2D eigenvalue weighted by molar-refractivity contribution is -0.143. The van der Waals surface area contributed by atoms with Gasteiger partial charge in [0.25, 0.3) is 0 Å². The molecule has 1 aliphatic heterocycles. The molecule has 2 unspecified atom stereocenters. The van der Waals surface area contributed by atoms with E-state index in [-0.39, 0.29) is 18.1 Å². The zero-order chi connectivity index (χ0) is 15.4. The van der Waals surface area contributed by atoms with Crippen molar-refractivity contribution in [3.63, 3.8) is 0 Å². The fraction of sp³-hybridized carbons (Fsp3) is 0.562. The Morgan fingerprint density at radius 2 is 2.29 bits per heavy atom. The van der Waals surface area contributed by atoms with Crippen molar-refractivity contribution < 1.29 is 14.3 Å². The first kappa shape index (κ1) is 16.3. The van der Waals surface area contributed by atoms with Crippen LogP contribution in [-0.2, 0) is 9.53 Å². The molecule has 5 heteroatoms. The molecule has 21 heavy (non-hydrogen) atoms. The van der Waals surface area contributed by atoms with E-state index in [9.17, 15) is 4.79 Å². The molecule has 1 aliphatic rings. The van der Waals surface area contributed by atoms with Crippen molar-refractivity contribution >= 4 is 21.9 Å². The first-order valence-electron chi connectivity index (χ1n) is 7.27. The van der Waals surface area contributed by atoms with Gasteiger partial charge < -0.3 is 9.47 Å². The fourth-order valence-electron chi connectivity index (χ4n) is 2.63. The highest BCUT2D eigenvalue weighted by atomic mass is 79.9. The minimum Gasteiger partial charge on any atom is -0.493 e. The van der Waals surface area contributed by atoms with Crippen LogP contribution >= 0.6 is 15.9 Å². The van der Waals surface area contributed by atoms with Gasteiger partial charge in [-0.15, -0.1) is 0 Å². The molecule has 0 aromatic heterocycles. The number of methoxy groups -OCH3 is 1. The second-order valence-electron chi connectivity index (χ2n) is 5.74. The van der Waals surface area contributed by atoms with Crippen LogP contribution < -0.4 is 10.1 Å². The summed E-state index contributed by atoms with van der Waals surface area (Å²) in [6.45, 7) is 4.86. The maximum absolute atomic E-state index is 12.0. The van der Waals surface area contributed by atoms with Crippen LogP contribution in [0, 0.1) is 5.92 Å². The molecule has 0 fully saturated rings. The lowest BCUT2D eigenvalue weighted by atomic mass is 9.97. The molecule has 0 amide bonds. The van der Waals surface area contributed by atoms with Crippen LogP contribution in [0.4, 0.5) is 0 Å². The van der Waals surface area contributed by atoms with E-state index in [0.29, 0.717) is 12.5 Å². The molecular formula is C16H22BrNO3. The van der Waals surface area contributed by atoms with E-state index in [1.54, 1.807) is 0 Å². The highest BCUT2D eigenvalue weighted by Gasteiger charge is 2.28. The quantitative estimate of drug-likeness (QED) is 0.821. The van der Waals surface area contributed by atoms with E-state index in [2.05, 4.69) is 41.2 Å². The summed E-state index contributed by atoms with van der Waals surface area (Å²) in [5, 5.41) is 3.45. The number of ether oxygens (including phenoxy) is 2. The Morgan fingerprint density at radius 1 is 1.52 bits per heavy atom. The van der Waals surface area contributed by atoms with Crippen LogP contribution in [0.1, 0.15) is 38.3 Å². The third-order valence-electron chi connectivity index (χ3n) is 3.61. The lowest BCUT2D eigenvalue weighted by Gasteiger charge is -2.30. The van der Waals surface area contributed by atoms with Crippen LogP contribution in [0.15, 0.2) is 22.7 Å². The lowest BCUT2D eigenvalue weighted by Crippen LogP contribution is -2.42. The van der Waals surface area contributed by atoms with E-state index in [1.165, 1.54) is 7.11 Å². The summed E-state index contributed by atoms with van der Waals surface area (Å²) in [4.78, 5) is 12.0. The number of carbonyl (C=O) groups is 1. The third-order valence-corrected chi connectivity index (χ3v) is 4.10. The van der Waals surface area contributed by atoms with Crippen LogP contribution in [0.3, 0.4) is 0 Å². The summed E-state index contributed by atoms with van der Waals surface area (Å²) in [5.74, 6) is 1.10. The fourth-order valence-corrected chi connectivity index (χ4v) is 3.01. The molecule has 2 rings (SSSR count). The molecule has 116 valence electrons. The van der Waals surface area contributed by atoms with E-state index in [1.807, 2.05) is 12.1 Å². The number of fused-ring (bicyclic) bond motifs is 1. The van der Waals surface area contributed by atoms with Crippen molar-refractivity contribution in [1.29, 1.82) is 0 Å². The molecule has 0 bridgehead atoms. The second kappa shape index (κ2) is 7.27. The molecule has 0 aliphatic carbocycles. The summed E-state index contributed by atoms with van der Waals surface area (Å²) in [5.41, 5.74) is 1.09. The van der Waals surface area contributed by atoms with E-state index in [4.69, 9.17) is 9.47 Å². The molecule has 1 aromatic rings. The SMILES string of the molecule is COC(=O)C(CC(C)C)NC1CCOc2ccc(Br)cc21. The van der Waals surface area contributed by atoms with Crippen LogP contribution in [-0.4, -0.2) is 25.7 Å². The first-order chi connectivity index (χ1) is 10.0. The first-order valence-corrected chi connectivity index (χ1v) is 8.06. The highest BCUT2D eigenvalue weighted by Crippen LogP contribution is 2.34. The molecule has 4 nitrogen and oxygen atoms in total. The predicted molar refractivity (Wildman–Crippen MR) is 85.4 cm³/mol. The number of nitrogens with one attached hydrogen (secondary N) is 1. The number of rotatable bonds is 5. The molecule has 0 spiro atoms. The molecule has 1 aromatic carbocycles. The molecule has 0 saturated carbocycles. The Bertz CT molecular complexity index is 504. The Morgan fingerprint density at radius 3 is 2.95 bits per heavy atom. The van der Waals surface area contributed by atoms with Crippen molar-refractivity contribution in [1.82, 2.24) is 5.32 Å². The molecule has 1 N–H and O–H groups in total. The summed E-state index contributed by atoms with van der Waals surface area (Å²) < 4.78 is 11.6. The van der Waals surface area contributed by atoms with Gasteiger partial charge in [0.1, 0.15) is 11.8 Å². The van der Waals surface area contributed by atoms with Gasteiger partial charge in [0.2, 0.25) is 0 Å². The Balaban J connectivity index is 2.18. The minimum atomic E-state index is -0.287. The zero-order valence-electron chi connectivity index (χ0n) is 12.7. The number of carbonyl (C=O) groups excluding carboxylic acids is 1. The number of hydrogen-bond acceptors (Lipinski definition) is 4. The molecule has 1 heterocycles. The Hall–Kier alpha value is -1.07. The molecule has 0 saturated heterocycles. The van der Waals surface area contributed by atoms with Crippen molar-refractivity contribution in [3.05, 3.63) is 28.2 Å². The smallest absolute Gasteiger partial charge is 0.322 e. The third kappa shape index (κ3) is 4.20. The van der Waals surface area contributed by atoms with Crippen LogP contribution in [0.5, 0.6) is 5.75 Å². The summed E-state index contributed by atoms with van der Waals surface area (Å²) >= 11 is 3.49. The highest BCUT2D eigenvalue weighted by molar-refractivity contribution is 9.10. The topological polar surface area (TPSA) is 47.6 Å². The second-order valence-corrected chi connectivity index (χ2v) is 6.66. The minimum absolute atomic E-state index is 0.106. The largest absolute Gasteiger partial charge is 0.493 e. The van der Waals surface area contributed by atoms with Gasteiger partial charge in [-0.05, 0) is 30.5 Å². The average molecular weight is 356 g/mol. The van der Waals surface area contributed by atoms with Crippen molar-refractivity contribution in [3.8, 4) is 5.75 Å². The van der Waals surface area contributed by atoms with Gasteiger partial charge in [-0.2, -0.15) is 0 Å². The van der Waals surface area contributed by atoms with E-state index in [0.717, 1.165) is 28.6 Å². The van der Waals surface area contributed by atoms with Gasteiger partial charge >= 0.3 is 5.97 Å². The summed E-state index contributed by atoms with van der Waals surface area (Å²) in [6.07, 6.45) is 1.60. The monoisotopic (exact) mass is 355 g/mol. The van der Waals surface area contributed by atoms with Gasteiger partial charge in [-0.25, -0.2) is 0 Å². The van der Waals surface area contributed by atoms with Gasteiger partial charge in [0.05, 0.1) is 13.7 Å². The van der Waals surface area contributed by atoms with Gasteiger partial charge in [0, 0.05) is 22.5 Å². The standard InChI is InChI=1S/C16H22BrNO3/c1-10(2)8-14(16(19)20-3)18-13-6-7-21-15-5-4-11(17)9-12(13)15/h4-5,9-10,13-14,18H,6-8H2,1-3H3. The van der Waals surface area contributed by atoms with Crippen LogP contribution in [0.2, 0.25) is 0 Å². The number of esters is 1. The van der Waals surface area contributed by atoms with Crippen molar-refractivity contribution in [2.75, 3.05) is 13.7 Å². The predicted octanol–water partition coefficient (Wildman–Crippen LogP) is 3.45. The van der Waals surface area contributed by atoms with Crippen molar-refractivity contribution in [2.24, 2.45) is 5.92 Å². The molecular weight excluding hydrogens is 334 g/mol. The van der Waals surface area contributed by atoms with Crippen molar-refractivity contribution in [2.45, 2.75) is 38.8 Å². The number of halogens is 1. The van der Waals surface area contributed by atoms with E-state index >= 15 is 0 Å². The normalized spacial score (nSPS) is 18.8. The van der Waals surface area contributed by atoms with Gasteiger partial charge in [-0.1, -0.05) is 29.8 Å². The number of hydrogen-bond donors (Lipinski definition) is 1. The average Bonchev–Trinajstić information content (AvgIpc) is 2.45. The maximum Gasteiger partial charge on any atom is 0.322 e. The summed E-state index contributed by atoms with van der Waals surface area (Å²) in [7, 11) is 1.44.